The first-order chi connectivity index (χ1) is 9.24. The van der Waals surface area contributed by atoms with Gasteiger partial charge in [-0.3, -0.25) is 0 Å². The van der Waals surface area contributed by atoms with Crippen LogP contribution in [0, 0.1) is 0 Å². The summed E-state index contributed by atoms with van der Waals surface area (Å²) in [7, 11) is 1.73. The third kappa shape index (κ3) is 3.58. The molecule has 0 saturated carbocycles. The van der Waals surface area contributed by atoms with Crippen molar-refractivity contribution in [3.05, 3.63) is 35.6 Å². The summed E-state index contributed by atoms with van der Waals surface area (Å²) >= 11 is 0. The van der Waals surface area contributed by atoms with Crippen molar-refractivity contribution in [1.29, 1.82) is 0 Å². The van der Waals surface area contributed by atoms with Gasteiger partial charge in [-0.2, -0.15) is 0 Å². The summed E-state index contributed by atoms with van der Waals surface area (Å²) in [5, 5.41) is 4.62. The van der Waals surface area contributed by atoms with Gasteiger partial charge in [0, 0.05) is 12.5 Å². The SMILES string of the molecule is CCCNC(C)c1cc2cc(CCOC)ccc2o1. The summed E-state index contributed by atoms with van der Waals surface area (Å²) in [4.78, 5) is 0. The summed E-state index contributed by atoms with van der Waals surface area (Å²) in [6.07, 6.45) is 2.07. The van der Waals surface area contributed by atoms with Crippen LogP contribution in [-0.4, -0.2) is 20.3 Å². The number of furan rings is 1. The Kier molecular flexibility index (Phi) is 5.00. The summed E-state index contributed by atoms with van der Waals surface area (Å²) in [6, 6.07) is 8.75. The number of hydrogen-bond acceptors (Lipinski definition) is 3. The number of hydrogen-bond donors (Lipinski definition) is 1. The molecule has 19 heavy (non-hydrogen) atoms. The molecule has 1 unspecified atom stereocenters. The highest BCUT2D eigenvalue weighted by atomic mass is 16.5. The number of fused-ring (bicyclic) bond motifs is 1. The molecule has 104 valence electrons. The Hall–Kier alpha value is -1.32. The van der Waals surface area contributed by atoms with Crippen molar-refractivity contribution in [1.82, 2.24) is 5.32 Å². The van der Waals surface area contributed by atoms with Crippen LogP contribution in [0.25, 0.3) is 11.0 Å². The highest BCUT2D eigenvalue weighted by molar-refractivity contribution is 5.78. The maximum absolute atomic E-state index is 5.89. The van der Waals surface area contributed by atoms with Crippen LogP contribution in [0.3, 0.4) is 0 Å². The second-order valence-corrected chi connectivity index (χ2v) is 4.94. The van der Waals surface area contributed by atoms with Crippen LogP contribution in [0.1, 0.15) is 37.6 Å². The molecular formula is C16H23NO2. The van der Waals surface area contributed by atoms with Gasteiger partial charge in [0.25, 0.3) is 0 Å². The van der Waals surface area contributed by atoms with Crippen molar-refractivity contribution >= 4 is 11.0 Å². The maximum Gasteiger partial charge on any atom is 0.134 e. The van der Waals surface area contributed by atoms with Crippen LogP contribution in [0.4, 0.5) is 0 Å². The molecule has 2 aromatic rings. The third-order valence-corrected chi connectivity index (χ3v) is 3.32. The van der Waals surface area contributed by atoms with Gasteiger partial charge in [-0.05, 0) is 50.1 Å². The standard InChI is InChI=1S/C16H23NO2/c1-4-8-17-12(2)16-11-14-10-13(7-9-18-3)5-6-15(14)19-16/h5-6,10-12,17H,4,7-9H2,1-3H3. The molecule has 1 heterocycles. The van der Waals surface area contributed by atoms with Crippen molar-refractivity contribution in [3.8, 4) is 0 Å². The number of ether oxygens (including phenoxy) is 1. The Balaban J connectivity index is 2.15. The van der Waals surface area contributed by atoms with E-state index in [2.05, 4.69) is 43.4 Å². The molecule has 0 saturated heterocycles. The van der Waals surface area contributed by atoms with E-state index in [1.54, 1.807) is 7.11 Å². The molecule has 2 rings (SSSR count). The Morgan fingerprint density at radius 1 is 1.32 bits per heavy atom. The molecule has 1 aromatic heterocycles. The van der Waals surface area contributed by atoms with Crippen LogP contribution < -0.4 is 5.32 Å². The quantitative estimate of drug-likeness (QED) is 0.825. The van der Waals surface area contributed by atoms with Gasteiger partial charge in [0.05, 0.1) is 12.6 Å². The lowest BCUT2D eigenvalue weighted by atomic mass is 10.1. The van der Waals surface area contributed by atoms with E-state index in [0.29, 0.717) is 0 Å². The van der Waals surface area contributed by atoms with Crippen LogP contribution in [0.5, 0.6) is 0 Å². The van der Waals surface area contributed by atoms with Gasteiger partial charge in [-0.15, -0.1) is 0 Å². The Labute approximate surface area is 114 Å². The van der Waals surface area contributed by atoms with Gasteiger partial charge in [0.2, 0.25) is 0 Å². The summed E-state index contributed by atoms with van der Waals surface area (Å²) in [5.74, 6) is 1.01. The molecule has 0 aliphatic carbocycles. The normalized spacial score (nSPS) is 13.0. The Morgan fingerprint density at radius 3 is 2.89 bits per heavy atom. The average Bonchev–Trinajstić information content (AvgIpc) is 2.85. The minimum Gasteiger partial charge on any atom is -0.459 e. The smallest absolute Gasteiger partial charge is 0.134 e. The highest BCUT2D eigenvalue weighted by Gasteiger charge is 2.10. The van der Waals surface area contributed by atoms with E-state index in [1.165, 1.54) is 10.9 Å². The first-order valence-corrected chi connectivity index (χ1v) is 6.99. The first kappa shape index (κ1) is 14.1. The van der Waals surface area contributed by atoms with Gasteiger partial charge >= 0.3 is 0 Å². The minimum atomic E-state index is 0.259. The Bertz CT molecular complexity index is 518. The van der Waals surface area contributed by atoms with Crippen LogP contribution >= 0.6 is 0 Å². The zero-order chi connectivity index (χ0) is 13.7. The number of nitrogens with one attached hydrogen (secondary N) is 1. The van der Waals surface area contributed by atoms with Gasteiger partial charge in [-0.1, -0.05) is 13.0 Å². The van der Waals surface area contributed by atoms with E-state index in [1.807, 2.05) is 0 Å². The van der Waals surface area contributed by atoms with E-state index >= 15 is 0 Å². The number of benzene rings is 1. The molecule has 0 amide bonds. The lowest BCUT2D eigenvalue weighted by molar-refractivity contribution is 0.202. The summed E-state index contributed by atoms with van der Waals surface area (Å²) in [5.41, 5.74) is 2.25. The molecule has 3 heteroatoms. The van der Waals surface area contributed by atoms with Crippen LogP contribution in [0.15, 0.2) is 28.7 Å². The van der Waals surface area contributed by atoms with Gasteiger partial charge < -0.3 is 14.5 Å². The average molecular weight is 261 g/mol. The second-order valence-electron chi connectivity index (χ2n) is 4.94. The number of methoxy groups -OCH3 is 1. The lowest BCUT2D eigenvalue weighted by Crippen LogP contribution is -2.18. The Morgan fingerprint density at radius 2 is 2.16 bits per heavy atom. The van der Waals surface area contributed by atoms with Crippen LogP contribution in [-0.2, 0) is 11.2 Å². The van der Waals surface area contributed by atoms with Gasteiger partial charge in [0.15, 0.2) is 0 Å². The fraction of sp³-hybridized carbons (Fsp3) is 0.500. The van der Waals surface area contributed by atoms with Crippen molar-refractivity contribution < 1.29 is 9.15 Å². The summed E-state index contributed by atoms with van der Waals surface area (Å²) < 4.78 is 11.0. The molecule has 0 aliphatic rings. The fourth-order valence-corrected chi connectivity index (χ4v) is 2.16. The van der Waals surface area contributed by atoms with Crippen molar-refractivity contribution in [2.45, 2.75) is 32.7 Å². The zero-order valence-electron chi connectivity index (χ0n) is 12.0. The maximum atomic E-state index is 5.89. The fourth-order valence-electron chi connectivity index (χ4n) is 2.16. The molecule has 1 N–H and O–H groups in total. The predicted molar refractivity (Wildman–Crippen MR) is 78.5 cm³/mol. The highest BCUT2D eigenvalue weighted by Crippen LogP contribution is 2.25. The largest absolute Gasteiger partial charge is 0.459 e. The molecule has 1 aromatic carbocycles. The molecule has 0 bridgehead atoms. The van der Waals surface area contributed by atoms with Crippen molar-refractivity contribution in [3.63, 3.8) is 0 Å². The van der Waals surface area contributed by atoms with Gasteiger partial charge in [-0.25, -0.2) is 0 Å². The van der Waals surface area contributed by atoms with E-state index < -0.39 is 0 Å². The molecule has 1 atom stereocenters. The van der Waals surface area contributed by atoms with E-state index in [9.17, 15) is 0 Å². The van der Waals surface area contributed by atoms with Crippen molar-refractivity contribution in [2.75, 3.05) is 20.3 Å². The minimum absolute atomic E-state index is 0.259. The monoisotopic (exact) mass is 261 g/mol. The zero-order valence-corrected chi connectivity index (χ0v) is 12.0. The lowest BCUT2D eigenvalue weighted by Gasteiger charge is -2.09. The van der Waals surface area contributed by atoms with E-state index in [0.717, 1.165) is 37.3 Å². The van der Waals surface area contributed by atoms with Gasteiger partial charge in [0.1, 0.15) is 11.3 Å². The van der Waals surface area contributed by atoms with E-state index in [-0.39, 0.29) is 6.04 Å². The molecule has 0 spiro atoms. The molecule has 0 fully saturated rings. The topological polar surface area (TPSA) is 34.4 Å². The third-order valence-electron chi connectivity index (χ3n) is 3.32. The molecular weight excluding hydrogens is 238 g/mol. The summed E-state index contributed by atoms with van der Waals surface area (Å²) in [6.45, 7) is 6.07. The first-order valence-electron chi connectivity index (χ1n) is 6.99. The predicted octanol–water partition coefficient (Wildman–Crippen LogP) is 3.68. The van der Waals surface area contributed by atoms with Crippen molar-refractivity contribution in [2.24, 2.45) is 0 Å². The van der Waals surface area contributed by atoms with Crippen LogP contribution in [0.2, 0.25) is 0 Å². The molecule has 0 aliphatic heterocycles. The molecule has 0 radical (unpaired) electrons. The van der Waals surface area contributed by atoms with E-state index in [4.69, 9.17) is 9.15 Å². The number of rotatable bonds is 7. The molecule has 3 nitrogen and oxygen atoms in total. The second kappa shape index (κ2) is 6.73.